The summed E-state index contributed by atoms with van der Waals surface area (Å²) in [6.45, 7) is 4.34. The third-order valence-electron chi connectivity index (χ3n) is 2.26. The minimum atomic E-state index is -3.84. The zero-order chi connectivity index (χ0) is 14.1. The van der Waals surface area contributed by atoms with Crippen molar-refractivity contribution in [2.24, 2.45) is 0 Å². The Hall–Kier alpha value is -0.500. The van der Waals surface area contributed by atoms with E-state index in [1.54, 1.807) is 6.92 Å². The first-order valence-electron chi connectivity index (χ1n) is 5.20. The fraction of sp³-hybridized carbons (Fsp3) is 0.455. The molecule has 1 rings (SSSR count). The molecule has 0 radical (unpaired) electrons. The van der Waals surface area contributed by atoms with E-state index in [2.05, 4.69) is 20.7 Å². The average Bonchev–Trinajstić information content (AvgIpc) is 2.21. The van der Waals surface area contributed by atoms with Gasteiger partial charge in [0.1, 0.15) is 5.82 Å². The first-order chi connectivity index (χ1) is 8.03. The normalized spacial score (nSPS) is 12.8. The monoisotopic (exact) mass is 339 g/mol. The summed E-state index contributed by atoms with van der Waals surface area (Å²) in [5.41, 5.74) is -0.829. The molecule has 4 nitrogen and oxygen atoms in total. The van der Waals surface area contributed by atoms with E-state index in [0.717, 1.165) is 6.07 Å². The van der Waals surface area contributed by atoms with Crippen molar-refractivity contribution < 1.29 is 17.9 Å². The SMILES string of the molecule is Cc1c(F)cc(S(=O)(=O)NCC(C)(C)O)cc1Br. The number of aliphatic hydroxyl groups is 1. The predicted molar refractivity (Wildman–Crippen MR) is 70.3 cm³/mol. The van der Waals surface area contributed by atoms with Crippen molar-refractivity contribution in [2.75, 3.05) is 6.54 Å². The van der Waals surface area contributed by atoms with Gasteiger partial charge in [-0.2, -0.15) is 0 Å². The second-order valence-corrected chi connectivity index (χ2v) is 7.27. The molecule has 0 saturated carbocycles. The first-order valence-corrected chi connectivity index (χ1v) is 7.48. The number of hydrogen-bond acceptors (Lipinski definition) is 3. The molecule has 0 heterocycles. The van der Waals surface area contributed by atoms with Crippen molar-refractivity contribution in [3.8, 4) is 0 Å². The van der Waals surface area contributed by atoms with Gasteiger partial charge in [-0.05, 0) is 38.5 Å². The van der Waals surface area contributed by atoms with Crippen LogP contribution in [-0.4, -0.2) is 25.7 Å². The highest BCUT2D eigenvalue weighted by Crippen LogP contribution is 2.23. The first kappa shape index (κ1) is 15.6. The standard InChI is InChI=1S/C11H15BrFNO3S/c1-7-9(12)4-8(5-10(7)13)18(16,17)14-6-11(2,3)15/h4-5,14-15H,6H2,1-3H3. The van der Waals surface area contributed by atoms with Crippen molar-refractivity contribution in [1.82, 2.24) is 4.72 Å². The lowest BCUT2D eigenvalue weighted by Gasteiger charge is -2.18. The molecule has 0 atom stereocenters. The summed E-state index contributed by atoms with van der Waals surface area (Å²) in [4.78, 5) is -0.179. The zero-order valence-electron chi connectivity index (χ0n) is 10.3. The van der Waals surface area contributed by atoms with Crippen LogP contribution < -0.4 is 4.72 Å². The summed E-state index contributed by atoms with van der Waals surface area (Å²) >= 11 is 3.10. The fourth-order valence-electron chi connectivity index (χ4n) is 1.13. The van der Waals surface area contributed by atoms with E-state index in [0.29, 0.717) is 10.0 Å². The van der Waals surface area contributed by atoms with Gasteiger partial charge >= 0.3 is 0 Å². The van der Waals surface area contributed by atoms with E-state index in [1.807, 2.05) is 0 Å². The lowest BCUT2D eigenvalue weighted by molar-refractivity contribution is 0.0857. The summed E-state index contributed by atoms with van der Waals surface area (Å²) in [6.07, 6.45) is 0. The topological polar surface area (TPSA) is 66.4 Å². The van der Waals surface area contributed by atoms with Crippen LogP contribution in [0.5, 0.6) is 0 Å². The molecule has 2 N–H and O–H groups in total. The molecular weight excluding hydrogens is 325 g/mol. The van der Waals surface area contributed by atoms with Gasteiger partial charge in [-0.1, -0.05) is 15.9 Å². The Labute approximate surface area is 114 Å². The third-order valence-corrected chi connectivity index (χ3v) is 4.46. The second kappa shape index (κ2) is 5.24. The molecule has 0 aliphatic rings. The van der Waals surface area contributed by atoms with Gasteiger partial charge < -0.3 is 5.11 Å². The molecule has 0 bridgehead atoms. The molecule has 0 unspecified atom stereocenters. The van der Waals surface area contributed by atoms with Gasteiger partial charge in [0, 0.05) is 11.0 Å². The van der Waals surface area contributed by atoms with Crippen LogP contribution in [0.25, 0.3) is 0 Å². The molecule has 0 fully saturated rings. The van der Waals surface area contributed by atoms with Gasteiger partial charge in [0.15, 0.2) is 0 Å². The van der Waals surface area contributed by atoms with Crippen LogP contribution in [0.4, 0.5) is 4.39 Å². The van der Waals surface area contributed by atoms with Crippen LogP contribution in [0.2, 0.25) is 0 Å². The van der Waals surface area contributed by atoms with Gasteiger partial charge in [0.05, 0.1) is 10.5 Å². The number of sulfonamides is 1. The second-order valence-electron chi connectivity index (χ2n) is 4.65. The highest BCUT2D eigenvalue weighted by Gasteiger charge is 2.21. The lowest BCUT2D eigenvalue weighted by atomic mass is 10.1. The largest absolute Gasteiger partial charge is 0.389 e. The quantitative estimate of drug-likeness (QED) is 0.880. The molecule has 102 valence electrons. The zero-order valence-corrected chi connectivity index (χ0v) is 12.7. The summed E-state index contributed by atoms with van der Waals surface area (Å²) in [5.74, 6) is -0.604. The number of nitrogens with one attached hydrogen (secondary N) is 1. The number of halogens is 2. The Morgan fingerprint density at radius 3 is 2.44 bits per heavy atom. The van der Waals surface area contributed by atoms with Crippen LogP contribution in [0, 0.1) is 12.7 Å². The molecule has 0 saturated heterocycles. The Kier molecular flexibility index (Phi) is 4.53. The van der Waals surface area contributed by atoms with E-state index in [-0.39, 0.29) is 11.4 Å². The number of hydrogen-bond donors (Lipinski definition) is 2. The van der Waals surface area contributed by atoms with Crippen LogP contribution >= 0.6 is 15.9 Å². The smallest absolute Gasteiger partial charge is 0.240 e. The van der Waals surface area contributed by atoms with Gasteiger partial charge in [-0.15, -0.1) is 0 Å². The van der Waals surface area contributed by atoms with Gasteiger partial charge in [-0.25, -0.2) is 17.5 Å². The molecule has 18 heavy (non-hydrogen) atoms. The molecule has 1 aromatic carbocycles. The highest BCUT2D eigenvalue weighted by atomic mass is 79.9. The fourth-order valence-corrected chi connectivity index (χ4v) is 2.96. The van der Waals surface area contributed by atoms with E-state index in [9.17, 15) is 17.9 Å². The number of rotatable bonds is 4. The van der Waals surface area contributed by atoms with Crippen LogP contribution in [0.3, 0.4) is 0 Å². The summed E-state index contributed by atoms with van der Waals surface area (Å²) in [6, 6.07) is 2.28. The van der Waals surface area contributed by atoms with Crippen molar-refractivity contribution in [2.45, 2.75) is 31.3 Å². The van der Waals surface area contributed by atoms with Gasteiger partial charge in [0.25, 0.3) is 0 Å². The Morgan fingerprint density at radius 2 is 2.00 bits per heavy atom. The van der Waals surface area contributed by atoms with E-state index < -0.39 is 21.4 Å². The Morgan fingerprint density at radius 1 is 1.44 bits per heavy atom. The predicted octanol–water partition coefficient (Wildman–Crippen LogP) is 1.95. The maximum atomic E-state index is 13.5. The van der Waals surface area contributed by atoms with Crippen LogP contribution in [-0.2, 0) is 10.0 Å². The maximum Gasteiger partial charge on any atom is 0.240 e. The summed E-state index contributed by atoms with van der Waals surface area (Å²) in [7, 11) is -3.84. The minimum absolute atomic E-state index is 0.150. The van der Waals surface area contributed by atoms with Crippen molar-refractivity contribution in [1.29, 1.82) is 0 Å². The Balaban J connectivity index is 3.07. The molecule has 0 aliphatic heterocycles. The molecule has 0 aromatic heterocycles. The molecule has 1 aromatic rings. The van der Waals surface area contributed by atoms with Crippen LogP contribution in [0.15, 0.2) is 21.5 Å². The van der Waals surface area contributed by atoms with E-state index in [4.69, 9.17) is 0 Å². The molecule has 0 aliphatic carbocycles. The van der Waals surface area contributed by atoms with Crippen molar-refractivity contribution >= 4 is 26.0 Å². The van der Waals surface area contributed by atoms with Crippen LogP contribution in [0.1, 0.15) is 19.4 Å². The van der Waals surface area contributed by atoms with Crippen molar-refractivity contribution in [3.05, 3.63) is 28.0 Å². The minimum Gasteiger partial charge on any atom is -0.389 e. The molecule has 0 spiro atoms. The van der Waals surface area contributed by atoms with E-state index in [1.165, 1.54) is 19.9 Å². The summed E-state index contributed by atoms with van der Waals surface area (Å²) < 4.78 is 39.8. The van der Waals surface area contributed by atoms with Gasteiger partial charge in [0.2, 0.25) is 10.0 Å². The highest BCUT2D eigenvalue weighted by molar-refractivity contribution is 9.10. The maximum absolute atomic E-state index is 13.5. The Bertz CT molecular complexity index is 529. The third kappa shape index (κ3) is 4.01. The number of benzene rings is 1. The van der Waals surface area contributed by atoms with E-state index >= 15 is 0 Å². The summed E-state index contributed by atoms with van der Waals surface area (Å²) in [5, 5.41) is 9.47. The molecule has 0 amide bonds. The molecule has 7 heteroatoms. The molecular formula is C11H15BrFNO3S. The van der Waals surface area contributed by atoms with Crippen molar-refractivity contribution in [3.63, 3.8) is 0 Å². The average molecular weight is 340 g/mol. The lowest BCUT2D eigenvalue weighted by Crippen LogP contribution is -2.38. The van der Waals surface area contributed by atoms with Gasteiger partial charge in [-0.3, -0.25) is 0 Å².